The van der Waals surface area contributed by atoms with Crippen LogP contribution in [0.2, 0.25) is 0 Å². The van der Waals surface area contributed by atoms with Gasteiger partial charge in [-0.2, -0.15) is 0 Å². The van der Waals surface area contributed by atoms with Gasteiger partial charge in [-0.15, -0.1) is 0 Å². The maximum absolute atomic E-state index is 12.5. The van der Waals surface area contributed by atoms with Crippen LogP contribution >= 0.6 is 0 Å². The van der Waals surface area contributed by atoms with E-state index < -0.39 is 6.10 Å². The zero-order chi connectivity index (χ0) is 17.1. The summed E-state index contributed by atoms with van der Waals surface area (Å²) in [6, 6.07) is 12.2. The number of hydrogen-bond acceptors (Lipinski definition) is 3. The second kappa shape index (κ2) is 7.31. The molecule has 1 aliphatic heterocycles. The monoisotopic (exact) mass is 326 g/mol. The molecule has 1 aliphatic rings. The van der Waals surface area contributed by atoms with Gasteiger partial charge in [-0.1, -0.05) is 38.1 Å². The lowest BCUT2D eigenvalue weighted by molar-refractivity contribution is -0.135. The van der Waals surface area contributed by atoms with Crippen LogP contribution < -0.4 is 0 Å². The molecule has 2 aromatic rings. The van der Waals surface area contributed by atoms with Gasteiger partial charge in [0.2, 0.25) is 5.91 Å². The molecule has 1 N–H and O–H groups in total. The van der Waals surface area contributed by atoms with E-state index in [2.05, 4.69) is 19.9 Å². The molecule has 1 saturated heterocycles. The average molecular weight is 326 g/mol. The largest absolute Gasteiger partial charge is 0.391 e. The van der Waals surface area contributed by atoms with E-state index in [1.165, 1.54) is 0 Å². The number of aromatic nitrogens is 1. The summed E-state index contributed by atoms with van der Waals surface area (Å²) in [4.78, 5) is 19.1. The van der Waals surface area contributed by atoms with Crippen LogP contribution in [0.4, 0.5) is 0 Å². The fourth-order valence-electron chi connectivity index (χ4n) is 3.62. The van der Waals surface area contributed by atoms with E-state index in [0.29, 0.717) is 19.5 Å². The van der Waals surface area contributed by atoms with Gasteiger partial charge in [-0.3, -0.25) is 9.78 Å². The molecule has 0 unspecified atom stereocenters. The van der Waals surface area contributed by atoms with Crippen LogP contribution in [0.5, 0.6) is 0 Å². The number of benzene rings is 1. The standard InChI is InChI=1S/C20H26N2O2/c1-3-14(4-2)20(24)22-12-16(19(23)13-22)11-17-10-9-15-7-5-6-8-18(15)21-17/h5-10,14,16,19,23H,3-4,11-13H2,1-2H3/t16-,19-/m1/s1. The Labute approximate surface area is 143 Å². The van der Waals surface area contributed by atoms with E-state index in [9.17, 15) is 9.90 Å². The van der Waals surface area contributed by atoms with E-state index in [-0.39, 0.29) is 17.7 Å². The van der Waals surface area contributed by atoms with Gasteiger partial charge in [-0.05, 0) is 31.4 Å². The first kappa shape index (κ1) is 16.9. The van der Waals surface area contributed by atoms with Gasteiger partial charge >= 0.3 is 0 Å². The topological polar surface area (TPSA) is 53.4 Å². The number of likely N-dealkylation sites (tertiary alicyclic amines) is 1. The molecule has 24 heavy (non-hydrogen) atoms. The van der Waals surface area contributed by atoms with Gasteiger partial charge in [0.15, 0.2) is 0 Å². The predicted octanol–water partition coefficient (Wildman–Crippen LogP) is 3.03. The van der Waals surface area contributed by atoms with Crippen LogP contribution in [-0.4, -0.2) is 40.1 Å². The molecule has 2 heterocycles. The Morgan fingerprint density at radius 2 is 1.96 bits per heavy atom. The number of aliphatic hydroxyl groups excluding tert-OH is 1. The lowest BCUT2D eigenvalue weighted by atomic mass is 9.99. The summed E-state index contributed by atoms with van der Waals surface area (Å²) >= 11 is 0. The Kier molecular flexibility index (Phi) is 5.14. The lowest BCUT2D eigenvalue weighted by Gasteiger charge is -2.21. The number of carbonyl (C=O) groups excluding carboxylic acids is 1. The number of aliphatic hydroxyl groups is 1. The number of fused-ring (bicyclic) bond motifs is 1. The quantitative estimate of drug-likeness (QED) is 0.919. The number of carbonyl (C=O) groups is 1. The smallest absolute Gasteiger partial charge is 0.225 e. The Morgan fingerprint density at radius 1 is 1.21 bits per heavy atom. The van der Waals surface area contributed by atoms with Crippen molar-refractivity contribution in [2.45, 2.75) is 39.2 Å². The maximum Gasteiger partial charge on any atom is 0.225 e. The van der Waals surface area contributed by atoms with Crippen LogP contribution in [0, 0.1) is 11.8 Å². The van der Waals surface area contributed by atoms with Crippen molar-refractivity contribution >= 4 is 16.8 Å². The summed E-state index contributed by atoms with van der Waals surface area (Å²) in [6.45, 7) is 5.18. The van der Waals surface area contributed by atoms with Crippen molar-refractivity contribution in [2.24, 2.45) is 11.8 Å². The molecule has 4 nitrogen and oxygen atoms in total. The molecule has 3 rings (SSSR count). The number of nitrogens with zero attached hydrogens (tertiary/aromatic N) is 2. The fraction of sp³-hybridized carbons (Fsp3) is 0.500. The second-order valence-electron chi connectivity index (χ2n) is 6.78. The highest BCUT2D eigenvalue weighted by Crippen LogP contribution is 2.24. The molecule has 1 aromatic carbocycles. The van der Waals surface area contributed by atoms with Crippen molar-refractivity contribution in [1.82, 2.24) is 9.88 Å². The van der Waals surface area contributed by atoms with Gasteiger partial charge in [0.25, 0.3) is 0 Å². The third-order valence-electron chi connectivity index (χ3n) is 5.18. The summed E-state index contributed by atoms with van der Waals surface area (Å²) in [5, 5.41) is 11.5. The molecule has 1 fully saturated rings. The lowest BCUT2D eigenvalue weighted by Crippen LogP contribution is -2.34. The van der Waals surface area contributed by atoms with Crippen molar-refractivity contribution in [3.05, 3.63) is 42.1 Å². The highest BCUT2D eigenvalue weighted by atomic mass is 16.3. The van der Waals surface area contributed by atoms with E-state index >= 15 is 0 Å². The molecule has 0 spiro atoms. The summed E-state index contributed by atoms with van der Waals surface area (Å²) in [5.41, 5.74) is 1.96. The molecule has 128 valence electrons. The highest BCUT2D eigenvalue weighted by molar-refractivity contribution is 5.79. The Morgan fingerprint density at radius 3 is 2.71 bits per heavy atom. The molecule has 0 saturated carbocycles. The second-order valence-corrected chi connectivity index (χ2v) is 6.78. The molecule has 2 atom stereocenters. The number of hydrogen-bond donors (Lipinski definition) is 1. The van der Waals surface area contributed by atoms with E-state index in [1.807, 2.05) is 35.2 Å². The van der Waals surface area contributed by atoms with E-state index in [0.717, 1.165) is 29.4 Å². The molecular weight excluding hydrogens is 300 g/mol. The van der Waals surface area contributed by atoms with Crippen molar-refractivity contribution in [3.63, 3.8) is 0 Å². The zero-order valence-electron chi connectivity index (χ0n) is 14.5. The molecule has 0 bridgehead atoms. The number of para-hydroxylation sites is 1. The van der Waals surface area contributed by atoms with Crippen LogP contribution in [-0.2, 0) is 11.2 Å². The third-order valence-corrected chi connectivity index (χ3v) is 5.18. The van der Waals surface area contributed by atoms with Crippen molar-refractivity contribution < 1.29 is 9.90 Å². The van der Waals surface area contributed by atoms with Gasteiger partial charge in [0, 0.05) is 36.0 Å². The van der Waals surface area contributed by atoms with Gasteiger partial charge in [0.1, 0.15) is 0 Å². The fourth-order valence-corrected chi connectivity index (χ4v) is 3.62. The number of pyridine rings is 1. The third kappa shape index (κ3) is 3.44. The number of rotatable bonds is 5. The molecule has 0 radical (unpaired) electrons. The van der Waals surface area contributed by atoms with Crippen molar-refractivity contribution in [2.75, 3.05) is 13.1 Å². The van der Waals surface area contributed by atoms with Crippen molar-refractivity contribution in [3.8, 4) is 0 Å². The molecular formula is C20H26N2O2. The van der Waals surface area contributed by atoms with Gasteiger partial charge in [-0.25, -0.2) is 0 Å². The van der Waals surface area contributed by atoms with Crippen LogP contribution in [0.15, 0.2) is 36.4 Å². The minimum atomic E-state index is -0.461. The SMILES string of the molecule is CCC(CC)C(=O)N1C[C@@H](Cc2ccc3ccccc3n2)[C@H](O)C1. The highest BCUT2D eigenvalue weighted by Gasteiger charge is 2.35. The first-order chi connectivity index (χ1) is 11.6. The minimum Gasteiger partial charge on any atom is -0.391 e. The van der Waals surface area contributed by atoms with Gasteiger partial charge in [0.05, 0.1) is 11.6 Å². The van der Waals surface area contributed by atoms with E-state index in [1.54, 1.807) is 0 Å². The van der Waals surface area contributed by atoms with Crippen molar-refractivity contribution in [1.29, 1.82) is 0 Å². The Hall–Kier alpha value is -1.94. The van der Waals surface area contributed by atoms with Crippen LogP contribution in [0.25, 0.3) is 10.9 Å². The number of β-amino-alcohol motifs (C(OH)–C–C–N with tert-alkyl or cyclic N) is 1. The van der Waals surface area contributed by atoms with Crippen LogP contribution in [0.3, 0.4) is 0 Å². The normalized spacial score (nSPS) is 20.9. The number of amides is 1. The molecule has 0 aliphatic carbocycles. The van der Waals surface area contributed by atoms with E-state index in [4.69, 9.17) is 4.98 Å². The average Bonchev–Trinajstić information content (AvgIpc) is 2.96. The Bertz CT molecular complexity index is 712. The summed E-state index contributed by atoms with van der Waals surface area (Å²) in [7, 11) is 0. The summed E-state index contributed by atoms with van der Waals surface area (Å²) < 4.78 is 0. The molecule has 4 heteroatoms. The summed E-state index contributed by atoms with van der Waals surface area (Å²) in [5.74, 6) is 0.333. The Balaban J connectivity index is 1.69. The molecule has 1 aromatic heterocycles. The maximum atomic E-state index is 12.5. The molecule has 1 amide bonds. The summed E-state index contributed by atoms with van der Waals surface area (Å²) in [6.07, 6.45) is 1.97. The van der Waals surface area contributed by atoms with Gasteiger partial charge < -0.3 is 10.0 Å². The minimum absolute atomic E-state index is 0.0666. The van der Waals surface area contributed by atoms with Crippen LogP contribution in [0.1, 0.15) is 32.4 Å². The first-order valence-electron chi connectivity index (χ1n) is 8.93. The first-order valence-corrected chi connectivity index (χ1v) is 8.93. The zero-order valence-corrected chi connectivity index (χ0v) is 14.5. The predicted molar refractivity (Wildman–Crippen MR) is 95.6 cm³/mol.